The van der Waals surface area contributed by atoms with E-state index in [0.717, 1.165) is 47.8 Å². The fraction of sp³-hybridized carbons (Fsp3) is 0.407. The number of nitrogens with two attached hydrogens (primary N) is 1. The molecule has 5 rings (SSSR count). The van der Waals surface area contributed by atoms with Gasteiger partial charge in [-0.3, -0.25) is 9.59 Å². The highest BCUT2D eigenvalue weighted by Crippen LogP contribution is 2.41. The van der Waals surface area contributed by atoms with Crippen LogP contribution >= 0.6 is 0 Å². The van der Waals surface area contributed by atoms with Gasteiger partial charge in [-0.2, -0.15) is 0 Å². The van der Waals surface area contributed by atoms with E-state index in [1.54, 1.807) is 11.7 Å². The molecule has 7 nitrogen and oxygen atoms in total. The minimum Gasteiger partial charge on any atom is -0.380 e. The van der Waals surface area contributed by atoms with Crippen LogP contribution in [-0.4, -0.2) is 28.9 Å². The lowest BCUT2D eigenvalue weighted by Gasteiger charge is -2.21. The summed E-state index contributed by atoms with van der Waals surface area (Å²) in [6, 6.07) is 3.44. The summed E-state index contributed by atoms with van der Waals surface area (Å²) in [6.45, 7) is 5.68. The second kappa shape index (κ2) is 9.70. The lowest BCUT2D eigenvalue weighted by molar-refractivity contribution is -0.116. The third-order valence-corrected chi connectivity index (χ3v) is 6.96. The van der Waals surface area contributed by atoms with Crippen molar-refractivity contribution in [3.63, 3.8) is 0 Å². The van der Waals surface area contributed by atoms with Gasteiger partial charge in [-0.05, 0) is 60.9 Å². The van der Waals surface area contributed by atoms with E-state index in [9.17, 15) is 18.8 Å². The molecule has 2 aromatic heterocycles. The van der Waals surface area contributed by atoms with Gasteiger partial charge in [-0.15, -0.1) is 0 Å². The molecule has 35 heavy (non-hydrogen) atoms. The number of amides is 1. The van der Waals surface area contributed by atoms with Crippen molar-refractivity contribution < 1.29 is 18.7 Å². The first-order valence-corrected chi connectivity index (χ1v) is 11.8. The Kier molecular flexibility index (Phi) is 6.85. The number of hydrogen-bond acceptors (Lipinski definition) is 5. The fourth-order valence-electron chi connectivity index (χ4n) is 5.33. The van der Waals surface area contributed by atoms with E-state index in [1.165, 1.54) is 18.6 Å². The Morgan fingerprint density at radius 3 is 2.60 bits per heavy atom. The number of fused-ring (bicyclic) bond motifs is 4. The predicted octanol–water partition coefficient (Wildman–Crippen LogP) is 3.69. The number of pyridine rings is 2. The van der Waals surface area contributed by atoms with Crippen molar-refractivity contribution in [2.24, 2.45) is 5.73 Å². The molecule has 1 atom stereocenters. The Balaban J connectivity index is 0.000000672. The number of nitrogens with zero attached hydrogens (tertiary/aromatic N) is 2. The SMILES string of the molecule is CC(N)=O.CCC(C=O)c1cc2n(c(=O)c1COC)Cc1c-2nc2cc(F)c(C)c3c2c1CCC3. The fourth-order valence-corrected chi connectivity index (χ4v) is 5.33. The summed E-state index contributed by atoms with van der Waals surface area (Å²) in [6.07, 6.45) is 4.19. The maximum atomic E-state index is 14.6. The van der Waals surface area contributed by atoms with Crippen LogP contribution in [0.3, 0.4) is 0 Å². The van der Waals surface area contributed by atoms with Crippen LogP contribution in [-0.2, 0) is 40.3 Å². The molecule has 1 unspecified atom stereocenters. The Morgan fingerprint density at radius 2 is 1.97 bits per heavy atom. The van der Waals surface area contributed by atoms with Gasteiger partial charge in [0.05, 0.1) is 30.1 Å². The molecule has 1 aliphatic heterocycles. The number of carbonyl (C=O) groups excluding carboxylic acids is 2. The van der Waals surface area contributed by atoms with E-state index in [-0.39, 0.29) is 29.8 Å². The summed E-state index contributed by atoms with van der Waals surface area (Å²) < 4.78 is 21.6. The van der Waals surface area contributed by atoms with Crippen LogP contribution in [0.5, 0.6) is 0 Å². The molecular formula is C27H30FN3O4. The first-order valence-electron chi connectivity index (χ1n) is 11.8. The van der Waals surface area contributed by atoms with E-state index in [4.69, 9.17) is 9.72 Å². The molecule has 0 spiro atoms. The second-order valence-electron chi connectivity index (χ2n) is 9.18. The summed E-state index contributed by atoms with van der Waals surface area (Å²) in [4.78, 5) is 39.2. The number of aryl methyl sites for hydroxylation is 2. The highest BCUT2D eigenvalue weighted by molar-refractivity contribution is 5.92. The second-order valence-corrected chi connectivity index (χ2v) is 9.18. The number of halogens is 1. The minimum atomic E-state index is -0.377. The molecule has 1 aromatic carbocycles. The predicted molar refractivity (Wildman–Crippen MR) is 132 cm³/mol. The third-order valence-electron chi connectivity index (χ3n) is 6.96. The van der Waals surface area contributed by atoms with Gasteiger partial charge in [0, 0.05) is 42.5 Å². The first-order chi connectivity index (χ1) is 16.7. The quantitative estimate of drug-likeness (QED) is 0.440. The average molecular weight is 480 g/mol. The number of ether oxygens (including phenoxy) is 1. The standard InChI is InChI=1S/C25H25FN2O3.C2H5NO/c1-4-14(11-29)17-8-22-24-18(10-28(22)25(30)19(17)12-31-3)16-7-5-6-15-13(2)20(26)9-21(27-24)23(15)16;1-2(3)4/h8-9,11,14H,4-7,10,12H2,1-3H3;1H3,(H2,3,4). The lowest BCUT2D eigenvalue weighted by atomic mass is 9.85. The normalized spacial score (nSPS) is 14.1. The van der Waals surface area contributed by atoms with Crippen LogP contribution < -0.4 is 11.3 Å². The van der Waals surface area contributed by atoms with Crippen molar-refractivity contribution in [2.45, 2.75) is 65.5 Å². The lowest BCUT2D eigenvalue weighted by Crippen LogP contribution is -2.26. The van der Waals surface area contributed by atoms with Gasteiger partial charge >= 0.3 is 0 Å². The number of carbonyl (C=O) groups is 2. The van der Waals surface area contributed by atoms with Crippen molar-refractivity contribution in [2.75, 3.05) is 7.11 Å². The van der Waals surface area contributed by atoms with Crippen LogP contribution in [0.15, 0.2) is 16.9 Å². The minimum absolute atomic E-state index is 0.137. The molecule has 8 heteroatoms. The molecule has 2 aliphatic rings. The van der Waals surface area contributed by atoms with Gasteiger partial charge in [-0.1, -0.05) is 6.92 Å². The van der Waals surface area contributed by atoms with E-state index < -0.39 is 0 Å². The summed E-state index contributed by atoms with van der Waals surface area (Å²) in [7, 11) is 1.55. The number of aromatic nitrogens is 2. The van der Waals surface area contributed by atoms with E-state index in [0.29, 0.717) is 40.9 Å². The van der Waals surface area contributed by atoms with Crippen LogP contribution in [0.4, 0.5) is 4.39 Å². The molecule has 1 amide bonds. The topological polar surface area (TPSA) is 104 Å². The molecule has 0 saturated carbocycles. The molecule has 0 saturated heterocycles. The van der Waals surface area contributed by atoms with Crippen molar-refractivity contribution in [1.82, 2.24) is 9.55 Å². The highest BCUT2D eigenvalue weighted by Gasteiger charge is 2.31. The molecule has 2 N–H and O–H groups in total. The van der Waals surface area contributed by atoms with Crippen LogP contribution in [0, 0.1) is 12.7 Å². The van der Waals surface area contributed by atoms with Crippen molar-refractivity contribution in [3.8, 4) is 11.4 Å². The van der Waals surface area contributed by atoms with Gasteiger partial charge < -0.3 is 19.8 Å². The van der Waals surface area contributed by atoms with E-state index in [2.05, 4.69) is 5.73 Å². The van der Waals surface area contributed by atoms with Crippen molar-refractivity contribution >= 4 is 23.1 Å². The summed E-state index contributed by atoms with van der Waals surface area (Å²) in [5.41, 5.74) is 11.6. The molecule has 3 heterocycles. The number of hydrogen-bond donors (Lipinski definition) is 1. The summed E-state index contributed by atoms with van der Waals surface area (Å²) in [5, 5.41) is 1.06. The van der Waals surface area contributed by atoms with Gasteiger partial charge in [-0.25, -0.2) is 9.37 Å². The molecule has 3 aromatic rings. The number of primary amides is 1. The Morgan fingerprint density at radius 1 is 1.29 bits per heavy atom. The summed E-state index contributed by atoms with van der Waals surface area (Å²) >= 11 is 0. The Bertz CT molecular complexity index is 1410. The van der Waals surface area contributed by atoms with E-state index in [1.807, 2.05) is 19.9 Å². The molecule has 184 valence electrons. The van der Waals surface area contributed by atoms with Gasteiger partial charge in [0.15, 0.2) is 0 Å². The zero-order valence-electron chi connectivity index (χ0n) is 20.5. The number of benzene rings is 1. The maximum Gasteiger partial charge on any atom is 0.257 e. The van der Waals surface area contributed by atoms with Crippen LogP contribution in [0.1, 0.15) is 66.0 Å². The van der Waals surface area contributed by atoms with Gasteiger partial charge in [0.2, 0.25) is 5.91 Å². The van der Waals surface area contributed by atoms with Gasteiger partial charge in [0.1, 0.15) is 12.1 Å². The van der Waals surface area contributed by atoms with Gasteiger partial charge in [0.25, 0.3) is 5.56 Å². The molecule has 0 bridgehead atoms. The van der Waals surface area contributed by atoms with Crippen molar-refractivity contribution in [3.05, 3.63) is 61.7 Å². The first kappa shape index (κ1) is 24.7. The zero-order chi connectivity index (χ0) is 25.4. The molecular weight excluding hydrogens is 449 g/mol. The Hall–Kier alpha value is -3.39. The summed E-state index contributed by atoms with van der Waals surface area (Å²) in [5.74, 6) is -0.945. The zero-order valence-corrected chi connectivity index (χ0v) is 20.5. The number of methoxy groups -OCH3 is 1. The number of rotatable bonds is 5. The monoisotopic (exact) mass is 479 g/mol. The third kappa shape index (κ3) is 4.16. The molecule has 1 aliphatic carbocycles. The maximum absolute atomic E-state index is 14.6. The highest BCUT2D eigenvalue weighted by atomic mass is 19.1. The number of aldehydes is 1. The van der Waals surface area contributed by atoms with E-state index >= 15 is 0 Å². The average Bonchev–Trinajstić information content (AvgIpc) is 3.19. The van der Waals surface area contributed by atoms with Crippen LogP contribution in [0.2, 0.25) is 0 Å². The molecule has 0 radical (unpaired) electrons. The largest absolute Gasteiger partial charge is 0.380 e. The van der Waals surface area contributed by atoms with Crippen molar-refractivity contribution in [1.29, 1.82) is 0 Å². The molecule has 0 fully saturated rings. The smallest absolute Gasteiger partial charge is 0.257 e. The Labute approximate surface area is 203 Å². The van der Waals surface area contributed by atoms with Crippen LogP contribution in [0.25, 0.3) is 22.3 Å².